The van der Waals surface area contributed by atoms with Crippen LogP contribution in [0.15, 0.2) is 0 Å². The highest BCUT2D eigenvalue weighted by Crippen LogP contribution is 2.29. The van der Waals surface area contributed by atoms with Crippen LogP contribution in [0.2, 0.25) is 0 Å². The van der Waals surface area contributed by atoms with Crippen molar-refractivity contribution in [2.24, 2.45) is 17.8 Å². The molecule has 0 saturated carbocycles. The van der Waals surface area contributed by atoms with Crippen LogP contribution >= 0.6 is 0 Å². The first-order chi connectivity index (χ1) is 9.11. The first-order valence-corrected chi connectivity index (χ1v) is 9.11. The molecule has 0 heteroatoms. The van der Waals surface area contributed by atoms with Crippen molar-refractivity contribution in [3.63, 3.8) is 0 Å². The van der Waals surface area contributed by atoms with Crippen molar-refractivity contribution in [2.75, 3.05) is 0 Å². The molecular weight excluding hydrogens is 228 g/mol. The van der Waals surface area contributed by atoms with Crippen LogP contribution in [-0.4, -0.2) is 0 Å². The Labute approximate surface area is 123 Å². The summed E-state index contributed by atoms with van der Waals surface area (Å²) in [5, 5.41) is 0. The third-order valence-corrected chi connectivity index (χ3v) is 4.52. The zero-order valence-corrected chi connectivity index (χ0v) is 14.5. The van der Waals surface area contributed by atoms with Gasteiger partial charge in [0.25, 0.3) is 0 Å². The summed E-state index contributed by atoms with van der Waals surface area (Å²) >= 11 is 0. The summed E-state index contributed by atoms with van der Waals surface area (Å²) in [6.07, 6.45) is 15.8. The predicted molar refractivity (Wildman–Crippen MR) is 89.6 cm³/mol. The van der Waals surface area contributed by atoms with Gasteiger partial charge in [-0.05, 0) is 24.2 Å². The van der Waals surface area contributed by atoms with Crippen LogP contribution in [0.1, 0.15) is 105 Å². The van der Waals surface area contributed by atoms with E-state index in [0.717, 1.165) is 17.8 Å². The average molecular weight is 269 g/mol. The third-order valence-electron chi connectivity index (χ3n) is 4.52. The van der Waals surface area contributed by atoms with E-state index in [1.165, 1.54) is 70.6 Å². The number of hydrogen-bond acceptors (Lipinski definition) is 0. The summed E-state index contributed by atoms with van der Waals surface area (Å²) in [6, 6.07) is 0. The molecule has 0 aromatic carbocycles. The molecule has 0 aliphatic carbocycles. The summed E-state index contributed by atoms with van der Waals surface area (Å²) < 4.78 is 0. The highest BCUT2D eigenvalue weighted by atomic mass is 14.2. The quantitative estimate of drug-likeness (QED) is 0.309. The average Bonchev–Trinajstić information content (AvgIpc) is 2.38. The van der Waals surface area contributed by atoms with E-state index in [1.54, 1.807) is 0 Å². The molecule has 0 bridgehead atoms. The third kappa shape index (κ3) is 11.5. The maximum absolute atomic E-state index is 2.50. The van der Waals surface area contributed by atoms with Crippen molar-refractivity contribution in [3.05, 3.63) is 0 Å². The molecule has 0 rings (SSSR count). The van der Waals surface area contributed by atoms with E-state index in [2.05, 4.69) is 34.6 Å². The van der Waals surface area contributed by atoms with Crippen molar-refractivity contribution >= 4 is 0 Å². The van der Waals surface area contributed by atoms with E-state index in [1.807, 2.05) is 0 Å². The zero-order chi connectivity index (χ0) is 14.5. The van der Waals surface area contributed by atoms with E-state index < -0.39 is 0 Å². The van der Waals surface area contributed by atoms with Gasteiger partial charge >= 0.3 is 0 Å². The normalized spacial score (nSPS) is 14.8. The minimum absolute atomic E-state index is 0.870. The van der Waals surface area contributed by atoms with Crippen molar-refractivity contribution in [1.82, 2.24) is 0 Å². The Morgan fingerprint density at radius 2 is 1.21 bits per heavy atom. The molecule has 0 aliphatic rings. The second kappa shape index (κ2) is 13.0. The van der Waals surface area contributed by atoms with Crippen molar-refractivity contribution < 1.29 is 0 Å². The van der Waals surface area contributed by atoms with Crippen LogP contribution in [0.4, 0.5) is 0 Å². The molecule has 0 radical (unpaired) electrons. The van der Waals surface area contributed by atoms with Gasteiger partial charge in [0.05, 0.1) is 0 Å². The minimum Gasteiger partial charge on any atom is -0.0654 e. The van der Waals surface area contributed by atoms with Gasteiger partial charge in [0.1, 0.15) is 0 Å². The van der Waals surface area contributed by atoms with Crippen molar-refractivity contribution in [3.8, 4) is 0 Å². The molecule has 0 aromatic rings. The Bertz CT molecular complexity index is 171. The first-order valence-electron chi connectivity index (χ1n) is 9.11. The minimum atomic E-state index is 0.870. The molecule has 19 heavy (non-hydrogen) atoms. The second-order valence-electron chi connectivity index (χ2n) is 7.07. The van der Waals surface area contributed by atoms with Gasteiger partial charge in [-0.1, -0.05) is 98.8 Å². The van der Waals surface area contributed by atoms with Crippen LogP contribution in [0.25, 0.3) is 0 Å². The standard InChI is InChI=1S/C19H40/c1-6-8-10-11-12-13-15-19(16-17(3)4)18(5)14-9-7-2/h17-19H,6-16H2,1-5H3. The molecular formula is C19H40. The fraction of sp³-hybridized carbons (Fsp3) is 1.00. The van der Waals surface area contributed by atoms with Gasteiger partial charge in [0.15, 0.2) is 0 Å². The second-order valence-corrected chi connectivity index (χ2v) is 7.07. The fourth-order valence-electron chi connectivity index (χ4n) is 3.19. The van der Waals surface area contributed by atoms with Crippen molar-refractivity contribution in [1.29, 1.82) is 0 Å². The van der Waals surface area contributed by atoms with Crippen molar-refractivity contribution in [2.45, 2.75) is 105 Å². The molecule has 0 amide bonds. The Morgan fingerprint density at radius 3 is 1.79 bits per heavy atom. The van der Waals surface area contributed by atoms with E-state index >= 15 is 0 Å². The molecule has 2 unspecified atom stereocenters. The number of rotatable bonds is 13. The van der Waals surface area contributed by atoms with Crippen LogP contribution in [-0.2, 0) is 0 Å². The van der Waals surface area contributed by atoms with E-state index in [0.29, 0.717) is 0 Å². The summed E-state index contributed by atoms with van der Waals surface area (Å²) in [5.74, 6) is 2.80. The van der Waals surface area contributed by atoms with Gasteiger partial charge in [-0.3, -0.25) is 0 Å². The molecule has 2 atom stereocenters. The van der Waals surface area contributed by atoms with Crippen LogP contribution < -0.4 is 0 Å². The lowest BCUT2D eigenvalue weighted by molar-refractivity contribution is 0.257. The highest BCUT2D eigenvalue weighted by molar-refractivity contribution is 4.69. The molecule has 0 heterocycles. The number of unbranched alkanes of at least 4 members (excludes halogenated alkanes) is 6. The molecule has 0 saturated heterocycles. The SMILES string of the molecule is CCCCCCCCC(CC(C)C)C(C)CCCC. The summed E-state index contributed by atoms with van der Waals surface area (Å²) in [4.78, 5) is 0. The molecule has 0 nitrogen and oxygen atoms in total. The molecule has 0 spiro atoms. The lowest BCUT2D eigenvalue weighted by atomic mass is 9.80. The fourth-order valence-corrected chi connectivity index (χ4v) is 3.19. The van der Waals surface area contributed by atoms with E-state index in [4.69, 9.17) is 0 Å². The summed E-state index contributed by atoms with van der Waals surface area (Å²) in [6.45, 7) is 11.9. The Balaban J connectivity index is 3.85. The summed E-state index contributed by atoms with van der Waals surface area (Å²) in [7, 11) is 0. The van der Waals surface area contributed by atoms with Gasteiger partial charge in [0.2, 0.25) is 0 Å². The lowest BCUT2D eigenvalue weighted by Crippen LogP contribution is -2.14. The maximum atomic E-state index is 2.50. The van der Waals surface area contributed by atoms with E-state index in [9.17, 15) is 0 Å². The molecule has 0 aromatic heterocycles. The Kier molecular flexibility index (Phi) is 13.0. The van der Waals surface area contributed by atoms with Crippen LogP contribution in [0.3, 0.4) is 0 Å². The van der Waals surface area contributed by atoms with Crippen LogP contribution in [0.5, 0.6) is 0 Å². The molecule has 0 aliphatic heterocycles. The van der Waals surface area contributed by atoms with Gasteiger partial charge in [0, 0.05) is 0 Å². The Hall–Kier alpha value is 0. The topological polar surface area (TPSA) is 0 Å². The van der Waals surface area contributed by atoms with Gasteiger partial charge in [-0.15, -0.1) is 0 Å². The predicted octanol–water partition coefficient (Wildman–Crippen LogP) is 7.23. The van der Waals surface area contributed by atoms with Gasteiger partial charge < -0.3 is 0 Å². The van der Waals surface area contributed by atoms with E-state index in [-0.39, 0.29) is 0 Å². The zero-order valence-electron chi connectivity index (χ0n) is 14.5. The smallest absolute Gasteiger partial charge is 0.0386 e. The largest absolute Gasteiger partial charge is 0.0654 e. The Morgan fingerprint density at radius 1 is 0.632 bits per heavy atom. The molecule has 116 valence electrons. The summed E-state index contributed by atoms with van der Waals surface area (Å²) in [5.41, 5.74) is 0. The lowest BCUT2D eigenvalue weighted by Gasteiger charge is -2.26. The van der Waals surface area contributed by atoms with Gasteiger partial charge in [-0.25, -0.2) is 0 Å². The monoisotopic (exact) mass is 268 g/mol. The maximum Gasteiger partial charge on any atom is -0.0386 e. The van der Waals surface area contributed by atoms with Crippen LogP contribution in [0, 0.1) is 17.8 Å². The number of hydrogen-bond donors (Lipinski definition) is 0. The van der Waals surface area contributed by atoms with Gasteiger partial charge in [-0.2, -0.15) is 0 Å². The molecule has 0 fully saturated rings. The molecule has 0 N–H and O–H groups in total. The highest BCUT2D eigenvalue weighted by Gasteiger charge is 2.17. The first kappa shape index (κ1) is 19.0.